The first-order valence-electron chi connectivity index (χ1n) is 7.48. The highest BCUT2D eigenvalue weighted by Gasteiger charge is 2.18. The van der Waals surface area contributed by atoms with Gasteiger partial charge in [0.15, 0.2) is 0 Å². The van der Waals surface area contributed by atoms with Crippen LogP contribution in [0.15, 0.2) is 24.3 Å². The summed E-state index contributed by atoms with van der Waals surface area (Å²) >= 11 is 0. The van der Waals surface area contributed by atoms with E-state index < -0.39 is 0 Å². The number of hydrogen-bond donors (Lipinski definition) is 1. The first-order valence-corrected chi connectivity index (χ1v) is 7.48. The van der Waals surface area contributed by atoms with E-state index in [2.05, 4.69) is 22.0 Å². The van der Waals surface area contributed by atoms with E-state index in [9.17, 15) is 4.79 Å². The van der Waals surface area contributed by atoms with Crippen molar-refractivity contribution < 1.29 is 4.79 Å². The van der Waals surface area contributed by atoms with Crippen LogP contribution in [0.1, 0.15) is 18.9 Å². The minimum absolute atomic E-state index is 0.0829. The average Bonchev–Trinajstić information content (AvgIpc) is 2.41. The maximum atomic E-state index is 12.0. The van der Waals surface area contributed by atoms with Crippen molar-refractivity contribution >= 4 is 11.6 Å². The third-order valence-corrected chi connectivity index (χ3v) is 3.67. The number of carbonyl (C=O) groups excluding carboxylic acids is 1. The summed E-state index contributed by atoms with van der Waals surface area (Å²) in [6.45, 7) is 10.0. The summed E-state index contributed by atoms with van der Waals surface area (Å²) < 4.78 is 0. The van der Waals surface area contributed by atoms with Crippen LogP contribution in [0.5, 0.6) is 0 Å². The van der Waals surface area contributed by atoms with E-state index in [1.165, 1.54) is 13.0 Å². The normalized spacial score (nSPS) is 17.1. The average molecular weight is 275 g/mol. The Morgan fingerprint density at radius 2 is 1.90 bits per heavy atom. The molecule has 110 valence electrons. The van der Waals surface area contributed by atoms with Crippen molar-refractivity contribution in [3.8, 4) is 0 Å². The predicted octanol–water partition coefficient (Wildman–Crippen LogP) is 1.96. The smallest absolute Gasteiger partial charge is 0.238 e. The number of nitrogens with one attached hydrogen (secondary N) is 1. The molecule has 1 amide bonds. The molecular formula is C16H25N3O. The Morgan fingerprint density at radius 1 is 1.20 bits per heavy atom. The number of benzene rings is 1. The fourth-order valence-electron chi connectivity index (χ4n) is 2.61. The lowest BCUT2D eigenvalue weighted by atomic mass is 10.2. The fourth-order valence-corrected chi connectivity index (χ4v) is 2.61. The summed E-state index contributed by atoms with van der Waals surface area (Å²) in [6.07, 6.45) is 1.20. The number of hydrogen-bond acceptors (Lipinski definition) is 3. The van der Waals surface area contributed by atoms with E-state index in [0.717, 1.165) is 37.4 Å². The van der Waals surface area contributed by atoms with E-state index in [1.807, 2.05) is 31.2 Å². The van der Waals surface area contributed by atoms with Crippen molar-refractivity contribution in [1.29, 1.82) is 0 Å². The quantitative estimate of drug-likeness (QED) is 0.892. The number of rotatable bonds is 5. The molecule has 0 saturated carbocycles. The Hall–Kier alpha value is -1.39. The summed E-state index contributed by atoms with van der Waals surface area (Å²) in [5, 5.41) is 2.97. The van der Waals surface area contributed by atoms with Gasteiger partial charge in [0.05, 0.1) is 6.54 Å². The number of anilines is 1. The molecule has 4 nitrogen and oxygen atoms in total. The molecule has 1 fully saturated rings. The molecule has 20 heavy (non-hydrogen) atoms. The van der Waals surface area contributed by atoms with Crippen LogP contribution in [-0.2, 0) is 4.79 Å². The van der Waals surface area contributed by atoms with Crippen LogP contribution in [-0.4, -0.2) is 55.0 Å². The molecule has 1 heterocycles. The summed E-state index contributed by atoms with van der Waals surface area (Å²) in [5.74, 6) is 0.0829. The second kappa shape index (κ2) is 7.41. The van der Waals surface area contributed by atoms with Crippen molar-refractivity contribution in [2.24, 2.45) is 0 Å². The maximum absolute atomic E-state index is 12.0. The van der Waals surface area contributed by atoms with Gasteiger partial charge in [0.2, 0.25) is 5.91 Å². The molecule has 1 aliphatic rings. The molecule has 2 rings (SSSR count). The van der Waals surface area contributed by atoms with Gasteiger partial charge in [-0.15, -0.1) is 0 Å². The zero-order valence-electron chi connectivity index (χ0n) is 12.6. The Labute approximate surface area is 121 Å². The van der Waals surface area contributed by atoms with Gasteiger partial charge >= 0.3 is 0 Å². The Bertz CT molecular complexity index is 439. The second-order valence-electron chi connectivity index (χ2n) is 5.54. The van der Waals surface area contributed by atoms with Crippen molar-refractivity contribution in [2.45, 2.75) is 20.3 Å². The third kappa shape index (κ3) is 4.62. The van der Waals surface area contributed by atoms with Crippen LogP contribution in [0.25, 0.3) is 0 Å². The molecule has 1 saturated heterocycles. The molecule has 1 aromatic rings. The SMILES string of the molecule is CCCN1CCN(CC(=O)Nc2cccc(C)c2)CC1. The zero-order valence-corrected chi connectivity index (χ0v) is 12.6. The van der Waals surface area contributed by atoms with E-state index in [1.54, 1.807) is 0 Å². The lowest BCUT2D eigenvalue weighted by Gasteiger charge is -2.34. The number of amides is 1. The standard InChI is InChI=1S/C16H25N3O/c1-3-7-18-8-10-19(11-9-18)13-16(20)17-15-6-4-5-14(2)12-15/h4-6,12H,3,7-11,13H2,1-2H3,(H,17,20). The first kappa shape index (κ1) is 15.0. The Kier molecular flexibility index (Phi) is 5.56. The maximum Gasteiger partial charge on any atom is 0.238 e. The van der Waals surface area contributed by atoms with Gasteiger partial charge in [-0.3, -0.25) is 9.69 Å². The van der Waals surface area contributed by atoms with E-state index in [-0.39, 0.29) is 5.91 Å². The van der Waals surface area contributed by atoms with Crippen LogP contribution in [0.4, 0.5) is 5.69 Å². The van der Waals surface area contributed by atoms with Crippen LogP contribution in [0.2, 0.25) is 0 Å². The highest BCUT2D eigenvalue weighted by molar-refractivity contribution is 5.92. The van der Waals surface area contributed by atoms with Crippen molar-refractivity contribution in [1.82, 2.24) is 9.80 Å². The highest BCUT2D eigenvalue weighted by atomic mass is 16.2. The highest BCUT2D eigenvalue weighted by Crippen LogP contribution is 2.10. The van der Waals surface area contributed by atoms with Crippen LogP contribution in [0.3, 0.4) is 0 Å². The number of piperazine rings is 1. The molecule has 1 N–H and O–H groups in total. The Balaban J connectivity index is 1.75. The van der Waals surface area contributed by atoms with Crippen LogP contribution < -0.4 is 5.32 Å². The summed E-state index contributed by atoms with van der Waals surface area (Å²) in [4.78, 5) is 16.7. The fraction of sp³-hybridized carbons (Fsp3) is 0.562. The summed E-state index contributed by atoms with van der Waals surface area (Å²) in [6, 6.07) is 7.93. The van der Waals surface area contributed by atoms with Gasteiger partial charge < -0.3 is 10.2 Å². The van der Waals surface area contributed by atoms with E-state index in [0.29, 0.717) is 6.54 Å². The van der Waals surface area contributed by atoms with Gasteiger partial charge in [-0.05, 0) is 37.6 Å². The third-order valence-electron chi connectivity index (χ3n) is 3.67. The van der Waals surface area contributed by atoms with E-state index in [4.69, 9.17) is 0 Å². The molecule has 0 aliphatic carbocycles. The summed E-state index contributed by atoms with van der Waals surface area (Å²) in [5.41, 5.74) is 2.05. The monoisotopic (exact) mass is 275 g/mol. The van der Waals surface area contributed by atoms with Crippen molar-refractivity contribution in [2.75, 3.05) is 44.6 Å². The van der Waals surface area contributed by atoms with Crippen molar-refractivity contribution in [3.05, 3.63) is 29.8 Å². The molecule has 0 radical (unpaired) electrons. The molecule has 0 spiro atoms. The predicted molar refractivity (Wildman–Crippen MR) is 83.0 cm³/mol. The molecule has 0 aromatic heterocycles. The number of nitrogens with zero attached hydrogens (tertiary/aromatic N) is 2. The molecule has 1 aromatic carbocycles. The molecule has 0 unspecified atom stereocenters. The Morgan fingerprint density at radius 3 is 2.55 bits per heavy atom. The zero-order chi connectivity index (χ0) is 14.4. The van der Waals surface area contributed by atoms with Gasteiger partial charge in [0, 0.05) is 31.9 Å². The largest absolute Gasteiger partial charge is 0.325 e. The molecule has 1 aliphatic heterocycles. The first-order chi connectivity index (χ1) is 9.67. The topological polar surface area (TPSA) is 35.6 Å². The second-order valence-corrected chi connectivity index (χ2v) is 5.54. The van der Waals surface area contributed by atoms with Gasteiger partial charge in [-0.1, -0.05) is 19.1 Å². The van der Waals surface area contributed by atoms with Gasteiger partial charge in [0.25, 0.3) is 0 Å². The lowest BCUT2D eigenvalue weighted by Crippen LogP contribution is -2.48. The molecule has 0 atom stereocenters. The van der Waals surface area contributed by atoms with Gasteiger partial charge in [0.1, 0.15) is 0 Å². The molecule has 0 bridgehead atoms. The number of aryl methyl sites for hydroxylation is 1. The molecular weight excluding hydrogens is 250 g/mol. The van der Waals surface area contributed by atoms with E-state index >= 15 is 0 Å². The molecule has 4 heteroatoms. The summed E-state index contributed by atoms with van der Waals surface area (Å²) in [7, 11) is 0. The number of carbonyl (C=O) groups is 1. The van der Waals surface area contributed by atoms with Crippen molar-refractivity contribution in [3.63, 3.8) is 0 Å². The van der Waals surface area contributed by atoms with Gasteiger partial charge in [-0.2, -0.15) is 0 Å². The van der Waals surface area contributed by atoms with Crippen LogP contribution >= 0.6 is 0 Å². The minimum atomic E-state index is 0.0829. The minimum Gasteiger partial charge on any atom is -0.325 e. The lowest BCUT2D eigenvalue weighted by molar-refractivity contribution is -0.117. The van der Waals surface area contributed by atoms with Crippen LogP contribution in [0, 0.1) is 6.92 Å². The van der Waals surface area contributed by atoms with Gasteiger partial charge in [-0.25, -0.2) is 0 Å².